The van der Waals surface area contributed by atoms with Crippen LogP contribution in [0.2, 0.25) is 0 Å². The SMILES string of the molecule is O=C(O)C1CCCCN1S(=O)(=O)NCCN1CCCCC1. The number of carboxylic acids is 1. The van der Waals surface area contributed by atoms with Gasteiger partial charge in [0.05, 0.1) is 0 Å². The largest absolute Gasteiger partial charge is 0.480 e. The van der Waals surface area contributed by atoms with Gasteiger partial charge >= 0.3 is 5.97 Å². The van der Waals surface area contributed by atoms with E-state index in [1.807, 2.05) is 0 Å². The minimum Gasteiger partial charge on any atom is -0.480 e. The van der Waals surface area contributed by atoms with Crippen molar-refractivity contribution in [1.82, 2.24) is 13.9 Å². The van der Waals surface area contributed by atoms with E-state index in [1.54, 1.807) is 0 Å². The molecule has 2 fully saturated rings. The average molecular weight is 319 g/mol. The highest BCUT2D eigenvalue weighted by Crippen LogP contribution is 2.19. The Labute approximate surface area is 126 Å². The van der Waals surface area contributed by atoms with Crippen molar-refractivity contribution in [3.05, 3.63) is 0 Å². The molecule has 2 heterocycles. The van der Waals surface area contributed by atoms with E-state index >= 15 is 0 Å². The summed E-state index contributed by atoms with van der Waals surface area (Å²) in [6.45, 7) is 3.35. The van der Waals surface area contributed by atoms with E-state index in [1.165, 1.54) is 19.3 Å². The molecule has 1 unspecified atom stereocenters. The van der Waals surface area contributed by atoms with Gasteiger partial charge in [0.15, 0.2) is 0 Å². The van der Waals surface area contributed by atoms with Crippen molar-refractivity contribution in [2.24, 2.45) is 0 Å². The number of likely N-dealkylation sites (tertiary alicyclic amines) is 1. The maximum atomic E-state index is 12.3. The molecule has 0 aromatic carbocycles. The van der Waals surface area contributed by atoms with Gasteiger partial charge in [-0.25, -0.2) is 4.72 Å². The van der Waals surface area contributed by atoms with E-state index in [0.29, 0.717) is 19.5 Å². The summed E-state index contributed by atoms with van der Waals surface area (Å²) in [4.78, 5) is 13.4. The molecule has 21 heavy (non-hydrogen) atoms. The maximum Gasteiger partial charge on any atom is 0.322 e. The number of carboxylic acid groups (broad SMARTS) is 1. The molecule has 8 heteroatoms. The third-order valence-corrected chi connectivity index (χ3v) is 5.83. The van der Waals surface area contributed by atoms with Crippen LogP contribution in [0.5, 0.6) is 0 Å². The van der Waals surface area contributed by atoms with Crippen molar-refractivity contribution in [3.8, 4) is 0 Å². The maximum absolute atomic E-state index is 12.3. The van der Waals surface area contributed by atoms with Crippen LogP contribution in [-0.4, -0.2) is 67.5 Å². The molecule has 2 N–H and O–H groups in total. The standard InChI is InChI=1S/C13H25N3O4S/c17-13(18)12-6-2-5-10-16(12)21(19,20)14-7-11-15-8-3-1-4-9-15/h12,14H,1-11H2,(H,17,18). The molecule has 0 spiro atoms. The van der Waals surface area contributed by atoms with Crippen LogP contribution in [0.15, 0.2) is 0 Å². The molecule has 0 aromatic heterocycles. The number of hydrogen-bond donors (Lipinski definition) is 2. The predicted octanol–water partition coefficient (Wildman–Crippen LogP) is 0.246. The lowest BCUT2D eigenvalue weighted by Gasteiger charge is -2.32. The van der Waals surface area contributed by atoms with Crippen molar-refractivity contribution in [3.63, 3.8) is 0 Å². The zero-order valence-electron chi connectivity index (χ0n) is 12.3. The van der Waals surface area contributed by atoms with Crippen molar-refractivity contribution < 1.29 is 18.3 Å². The summed E-state index contributed by atoms with van der Waals surface area (Å²) < 4.78 is 28.2. The summed E-state index contributed by atoms with van der Waals surface area (Å²) in [5, 5.41) is 9.16. The monoisotopic (exact) mass is 319 g/mol. The Morgan fingerprint density at radius 1 is 1.10 bits per heavy atom. The highest BCUT2D eigenvalue weighted by Gasteiger charge is 2.36. The van der Waals surface area contributed by atoms with Gasteiger partial charge in [0, 0.05) is 19.6 Å². The third kappa shape index (κ3) is 4.64. The van der Waals surface area contributed by atoms with Crippen molar-refractivity contribution in [2.75, 3.05) is 32.7 Å². The van der Waals surface area contributed by atoms with E-state index in [9.17, 15) is 13.2 Å². The first-order chi connectivity index (χ1) is 10.0. The summed E-state index contributed by atoms with van der Waals surface area (Å²) >= 11 is 0. The molecule has 2 saturated heterocycles. The molecule has 0 radical (unpaired) electrons. The van der Waals surface area contributed by atoms with E-state index in [4.69, 9.17) is 5.11 Å². The number of rotatable bonds is 6. The van der Waals surface area contributed by atoms with Crippen molar-refractivity contribution in [2.45, 2.75) is 44.6 Å². The Balaban J connectivity index is 1.86. The summed E-state index contributed by atoms with van der Waals surface area (Å²) in [6, 6.07) is -0.925. The number of nitrogens with one attached hydrogen (secondary N) is 1. The van der Waals surface area contributed by atoms with Crippen LogP contribution < -0.4 is 4.72 Å². The topological polar surface area (TPSA) is 90.0 Å². The van der Waals surface area contributed by atoms with Crippen LogP contribution in [0.3, 0.4) is 0 Å². The Morgan fingerprint density at radius 2 is 1.76 bits per heavy atom. The number of piperidine rings is 2. The quantitative estimate of drug-likeness (QED) is 0.732. The lowest BCUT2D eigenvalue weighted by molar-refractivity contribution is -0.142. The lowest BCUT2D eigenvalue weighted by atomic mass is 10.1. The minimum atomic E-state index is -3.70. The normalized spacial score (nSPS) is 25.8. The molecule has 0 saturated carbocycles. The molecule has 2 rings (SSSR count). The molecule has 0 aromatic rings. The molecule has 7 nitrogen and oxygen atoms in total. The van der Waals surface area contributed by atoms with Crippen LogP contribution in [0, 0.1) is 0 Å². The second-order valence-electron chi connectivity index (χ2n) is 5.76. The van der Waals surface area contributed by atoms with Crippen molar-refractivity contribution in [1.29, 1.82) is 0 Å². The molecule has 122 valence electrons. The molecule has 0 bridgehead atoms. The molecule has 0 aliphatic carbocycles. The van der Waals surface area contributed by atoms with Gasteiger partial charge in [-0.2, -0.15) is 12.7 Å². The molecular weight excluding hydrogens is 294 g/mol. The van der Waals surface area contributed by atoms with E-state index < -0.39 is 22.2 Å². The van der Waals surface area contributed by atoms with Crippen LogP contribution >= 0.6 is 0 Å². The zero-order chi connectivity index (χ0) is 15.3. The van der Waals surface area contributed by atoms with Crippen LogP contribution in [0.4, 0.5) is 0 Å². The first-order valence-corrected chi connectivity index (χ1v) is 9.16. The summed E-state index contributed by atoms with van der Waals surface area (Å²) in [7, 11) is -3.70. The number of hydrogen-bond acceptors (Lipinski definition) is 4. The number of carbonyl (C=O) groups is 1. The number of aliphatic carboxylic acids is 1. The van der Waals surface area contributed by atoms with Gasteiger partial charge in [0.2, 0.25) is 0 Å². The van der Waals surface area contributed by atoms with E-state index in [0.717, 1.165) is 30.2 Å². The first-order valence-electron chi connectivity index (χ1n) is 7.72. The van der Waals surface area contributed by atoms with Gasteiger partial charge in [0.1, 0.15) is 6.04 Å². The summed E-state index contributed by atoms with van der Waals surface area (Å²) in [5.74, 6) is -1.06. The van der Waals surface area contributed by atoms with Crippen molar-refractivity contribution >= 4 is 16.2 Å². The minimum absolute atomic E-state index is 0.288. The first kappa shape index (κ1) is 16.7. The fourth-order valence-electron chi connectivity index (χ4n) is 3.04. The number of nitrogens with zero attached hydrogens (tertiary/aromatic N) is 2. The van der Waals surface area contributed by atoms with E-state index in [-0.39, 0.29) is 6.54 Å². The lowest BCUT2D eigenvalue weighted by Crippen LogP contribution is -2.53. The van der Waals surface area contributed by atoms with Crippen LogP contribution in [0.1, 0.15) is 38.5 Å². The Hall–Kier alpha value is -0.700. The summed E-state index contributed by atoms with van der Waals surface area (Å²) in [6.07, 6.45) is 5.45. The van der Waals surface area contributed by atoms with Gasteiger partial charge in [-0.15, -0.1) is 0 Å². The van der Waals surface area contributed by atoms with Crippen LogP contribution in [-0.2, 0) is 15.0 Å². The highest BCUT2D eigenvalue weighted by molar-refractivity contribution is 7.87. The van der Waals surface area contributed by atoms with Gasteiger partial charge in [-0.1, -0.05) is 6.42 Å². The van der Waals surface area contributed by atoms with Gasteiger partial charge in [-0.05, 0) is 45.2 Å². The predicted molar refractivity (Wildman–Crippen MR) is 79.2 cm³/mol. The van der Waals surface area contributed by atoms with Gasteiger partial charge in [0.25, 0.3) is 10.2 Å². The fraction of sp³-hybridized carbons (Fsp3) is 0.923. The van der Waals surface area contributed by atoms with Gasteiger partial charge in [-0.3, -0.25) is 4.79 Å². The Morgan fingerprint density at radius 3 is 2.43 bits per heavy atom. The van der Waals surface area contributed by atoms with Crippen LogP contribution in [0.25, 0.3) is 0 Å². The smallest absolute Gasteiger partial charge is 0.322 e. The summed E-state index contributed by atoms with van der Waals surface area (Å²) in [5.41, 5.74) is 0. The second-order valence-corrected chi connectivity index (χ2v) is 7.47. The molecule has 0 amide bonds. The molecular formula is C13H25N3O4S. The second kappa shape index (κ2) is 7.53. The molecule has 1 atom stereocenters. The highest BCUT2D eigenvalue weighted by atomic mass is 32.2. The molecule has 2 aliphatic heterocycles. The Kier molecular flexibility index (Phi) is 5.98. The molecule has 2 aliphatic rings. The Bertz CT molecular complexity index is 448. The third-order valence-electron chi connectivity index (χ3n) is 4.21. The van der Waals surface area contributed by atoms with Gasteiger partial charge < -0.3 is 10.0 Å². The average Bonchev–Trinajstić information content (AvgIpc) is 2.48. The fourth-order valence-corrected chi connectivity index (χ4v) is 4.45. The van der Waals surface area contributed by atoms with E-state index in [2.05, 4.69) is 9.62 Å². The zero-order valence-corrected chi connectivity index (χ0v) is 13.1.